The summed E-state index contributed by atoms with van der Waals surface area (Å²) in [5.74, 6) is -0.400. The fourth-order valence-electron chi connectivity index (χ4n) is 5.00. The largest absolute Gasteiger partial charge is 0.399 e. The van der Waals surface area contributed by atoms with Crippen LogP contribution >= 0.6 is 0 Å². The first-order valence-electron chi connectivity index (χ1n) is 12.9. The lowest BCUT2D eigenvalue weighted by Gasteiger charge is -2.11. The van der Waals surface area contributed by atoms with Crippen molar-refractivity contribution in [2.45, 2.75) is 0 Å². The molecule has 0 aliphatic carbocycles. The van der Waals surface area contributed by atoms with E-state index in [9.17, 15) is 4.39 Å². The van der Waals surface area contributed by atoms with E-state index in [1.54, 1.807) is 37.1 Å². The minimum Gasteiger partial charge on any atom is -0.399 e. The van der Waals surface area contributed by atoms with Gasteiger partial charge in [-0.25, -0.2) is 9.37 Å². The third-order valence-electron chi connectivity index (χ3n) is 6.94. The maximum absolute atomic E-state index is 14.1. The second-order valence-electron chi connectivity index (χ2n) is 9.73. The van der Waals surface area contributed by atoms with Crippen LogP contribution in [0.4, 0.5) is 15.8 Å². The van der Waals surface area contributed by atoms with Crippen LogP contribution in [0, 0.1) is 5.82 Å². The maximum Gasteiger partial charge on any atom is 0.155 e. The van der Waals surface area contributed by atoms with Gasteiger partial charge in [0.25, 0.3) is 0 Å². The number of hydrogen-bond donors (Lipinski definition) is 4. The number of aromatic nitrogens is 6. The van der Waals surface area contributed by atoms with Crippen molar-refractivity contribution in [1.29, 1.82) is 0 Å². The Morgan fingerprint density at radius 1 is 0.829 bits per heavy atom. The number of rotatable bonds is 6. The van der Waals surface area contributed by atoms with Crippen molar-refractivity contribution in [2.24, 2.45) is 0 Å². The molecule has 41 heavy (non-hydrogen) atoms. The van der Waals surface area contributed by atoms with Crippen molar-refractivity contribution in [1.82, 2.24) is 30.1 Å². The van der Waals surface area contributed by atoms with Crippen LogP contribution in [0.1, 0.15) is 5.56 Å². The van der Waals surface area contributed by atoms with E-state index in [2.05, 4.69) is 42.0 Å². The number of nitrogen functional groups attached to an aromatic ring is 1. The van der Waals surface area contributed by atoms with Crippen LogP contribution in [-0.4, -0.2) is 30.1 Å². The van der Waals surface area contributed by atoms with Gasteiger partial charge in [-0.05, 0) is 47.5 Å². The second-order valence-corrected chi connectivity index (χ2v) is 9.73. The van der Waals surface area contributed by atoms with Crippen LogP contribution in [0.3, 0.4) is 0 Å². The van der Waals surface area contributed by atoms with Gasteiger partial charge in [0.1, 0.15) is 11.5 Å². The summed E-state index contributed by atoms with van der Waals surface area (Å²) in [6.45, 7) is 4.16. The van der Waals surface area contributed by atoms with Gasteiger partial charge in [-0.1, -0.05) is 36.9 Å². The molecule has 0 radical (unpaired) electrons. The first-order chi connectivity index (χ1) is 20.0. The Labute approximate surface area is 233 Å². The van der Waals surface area contributed by atoms with E-state index in [1.807, 2.05) is 48.5 Å². The minimum atomic E-state index is -0.400. The standard InChI is InChI=1S/C32H23FN8/c1-18(19-5-3-2-4-6-19)38-25-9-21(13-35-15-25)22-10-27-31(40-41-32(27)37-14-22)29-12-26-28(16-36-17-30(26)39-29)20-7-23(33)11-24(34)8-20/h2-17,38-39H,1,34H2,(H,37,40,41). The predicted octanol–water partition coefficient (Wildman–Crippen LogP) is 7.03. The number of anilines is 2. The Kier molecular flexibility index (Phi) is 5.75. The highest BCUT2D eigenvalue weighted by Gasteiger charge is 2.16. The number of pyridine rings is 3. The Bertz CT molecular complexity index is 2060. The number of nitrogens with zero attached hydrogens (tertiary/aromatic N) is 4. The topological polar surface area (TPSA) is 121 Å². The first kappa shape index (κ1) is 24.2. The Balaban J connectivity index is 1.25. The van der Waals surface area contributed by atoms with Gasteiger partial charge in [0.05, 0.1) is 29.3 Å². The molecular weight excluding hydrogens is 515 g/mol. The van der Waals surface area contributed by atoms with E-state index in [0.717, 1.165) is 55.6 Å². The third kappa shape index (κ3) is 4.55. The molecule has 0 atom stereocenters. The lowest BCUT2D eigenvalue weighted by Crippen LogP contribution is -1.98. The van der Waals surface area contributed by atoms with Gasteiger partial charge in [0, 0.05) is 57.4 Å². The van der Waals surface area contributed by atoms with Crippen molar-refractivity contribution in [2.75, 3.05) is 11.1 Å². The monoisotopic (exact) mass is 538 g/mol. The molecule has 0 saturated carbocycles. The highest BCUT2D eigenvalue weighted by molar-refractivity contribution is 6.01. The quantitative estimate of drug-likeness (QED) is 0.169. The average Bonchev–Trinajstić information content (AvgIpc) is 3.61. The summed E-state index contributed by atoms with van der Waals surface area (Å²) in [6, 6.07) is 20.4. The van der Waals surface area contributed by atoms with Gasteiger partial charge < -0.3 is 16.0 Å². The van der Waals surface area contributed by atoms with Gasteiger partial charge in [-0.3, -0.25) is 15.1 Å². The second kappa shape index (κ2) is 9.73. The molecule has 0 saturated heterocycles. The van der Waals surface area contributed by atoms with Gasteiger partial charge in [-0.2, -0.15) is 5.10 Å². The average molecular weight is 539 g/mol. The minimum absolute atomic E-state index is 0.350. The summed E-state index contributed by atoms with van der Waals surface area (Å²) in [6.07, 6.45) is 8.78. The van der Waals surface area contributed by atoms with Crippen LogP contribution in [0.2, 0.25) is 0 Å². The van der Waals surface area contributed by atoms with Gasteiger partial charge in [0.2, 0.25) is 0 Å². The zero-order valence-electron chi connectivity index (χ0n) is 21.7. The normalized spacial score (nSPS) is 11.2. The third-order valence-corrected chi connectivity index (χ3v) is 6.94. The van der Waals surface area contributed by atoms with E-state index in [4.69, 9.17) is 5.73 Å². The fraction of sp³-hybridized carbons (Fsp3) is 0. The van der Waals surface area contributed by atoms with Crippen molar-refractivity contribution in [3.63, 3.8) is 0 Å². The summed E-state index contributed by atoms with van der Waals surface area (Å²) in [5.41, 5.74) is 15.0. The summed E-state index contributed by atoms with van der Waals surface area (Å²) in [4.78, 5) is 16.8. The number of halogens is 1. The highest BCUT2D eigenvalue weighted by Crippen LogP contribution is 2.35. The SMILES string of the molecule is C=C(Nc1cncc(-c2cnc3[nH]nc(-c4cc5c(-c6cc(N)cc(F)c6)cncc5[nH]4)c3c2)c1)c1ccccc1. The Hall–Kier alpha value is -5.83. The van der Waals surface area contributed by atoms with Crippen LogP contribution < -0.4 is 11.1 Å². The molecule has 5 aromatic heterocycles. The molecule has 0 fully saturated rings. The molecule has 0 aliphatic heterocycles. The van der Waals surface area contributed by atoms with E-state index in [-0.39, 0.29) is 0 Å². The first-order valence-corrected chi connectivity index (χ1v) is 12.9. The maximum atomic E-state index is 14.1. The van der Waals surface area contributed by atoms with Crippen molar-refractivity contribution < 1.29 is 4.39 Å². The highest BCUT2D eigenvalue weighted by atomic mass is 19.1. The van der Waals surface area contributed by atoms with Crippen LogP contribution in [-0.2, 0) is 0 Å². The van der Waals surface area contributed by atoms with Crippen LogP contribution in [0.15, 0.2) is 104 Å². The van der Waals surface area contributed by atoms with Crippen LogP contribution in [0.5, 0.6) is 0 Å². The number of aromatic amines is 2. The van der Waals surface area contributed by atoms with Gasteiger partial charge in [-0.15, -0.1) is 0 Å². The summed E-state index contributed by atoms with van der Waals surface area (Å²) < 4.78 is 14.1. The zero-order valence-corrected chi connectivity index (χ0v) is 21.7. The molecule has 7 rings (SSSR count). The van der Waals surface area contributed by atoms with E-state index in [1.165, 1.54) is 12.1 Å². The Morgan fingerprint density at radius 3 is 2.51 bits per heavy atom. The molecule has 0 amide bonds. The molecule has 5 N–H and O–H groups in total. The van der Waals surface area contributed by atoms with Gasteiger partial charge >= 0.3 is 0 Å². The fourth-order valence-corrected chi connectivity index (χ4v) is 5.00. The number of nitrogens with two attached hydrogens (primary N) is 1. The summed E-state index contributed by atoms with van der Waals surface area (Å²) in [5, 5.41) is 12.6. The molecule has 0 spiro atoms. The summed E-state index contributed by atoms with van der Waals surface area (Å²) in [7, 11) is 0. The molecular formula is C32H23FN8. The van der Waals surface area contributed by atoms with Crippen LogP contribution in [0.25, 0.3) is 61.3 Å². The zero-order chi connectivity index (χ0) is 27.9. The molecule has 0 bridgehead atoms. The number of hydrogen-bond acceptors (Lipinski definition) is 6. The molecule has 0 aliphatic rings. The lowest BCUT2D eigenvalue weighted by molar-refractivity contribution is 0.629. The Morgan fingerprint density at radius 2 is 1.66 bits per heavy atom. The van der Waals surface area contributed by atoms with Crippen molar-refractivity contribution >= 4 is 39.0 Å². The van der Waals surface area contributed by atoms with Crippen molar-refractivity contribution in [3.8, 4) is 33.6 Å². The number of nitrogens with one attached hydrogen (secondary N) is 3. The van der Waals surface area contributed by atoms with Crippen molar-refractivity contribution in [3.05, 3.63) is 116 Å². The lowest BCUT2D eigenvalue weighted by atomic mass is 10.0. The number of fused-ring (bicyclic) bond motifs is 2. The van der Waals surface area contributed by atoms with Gasteiger partial charge in [0.15, 0.2) is 5.65 Å². The van der Waals surface area contributed by atoms with E-state index < -0.39 is 5.82 Å². The smallest absolute Gasteiger partial charge is 0.155 e. The molecule has 8 nitrogen and oxygen atoms in total. The number of benzene rings is 2. The van der Waals surface area contributed by atoms with E-state index >= 15 is 0 Å². The molecule has 9 heteroatoms. The van der Waals surface area contributed by atoms with E-state index in [0.29, 0.717) is 22.6 Å². The molecule has 2 aromatic carbocycles. The molecule has 7 aromatic rings. The summed E-state index contributed by atoms with van der Waals surface area (Å²) >= 11 is 0. The number of H-pyrrole nitrogens is 2. The molecule has 198 valence electrons. The predicted molar refractivity (Wildman–Crippen MR) is 161 cm³/mol. The molecule has 0 unspecified atom stereocenters. The molecule has 5 heterocycles.